The molecule has 4 aromatic rings. The second kappa shape index (κ2) is 13.5. The maximum absolute atomic E-state index is 13.8. The van der Waals surface area contributed by atoms with E-state index in [0.717, 1.165) is 46.4 Å². The molecular formula is C29H34N4O3S3. The van der Waals surface area contributed by atoms with Crippen molar-refractivity contribution >= 4 is 54.4 Å². The van der Waals surface area contributed by atoms with Crippen LogP contribution in [-0.4, -0.2) is 47.9 Å². The number of aromatic nitrogens is 2. The van der Waals surface area contributed by atoms with Crippen LogP contribution in [0.4, 0.5) is 5.13 Å². The average molecular weight is 583 g/mol. The number of pyridine rings is 1. The van der Waals surface area contributed by atoms with Gasteiger partial charge in [-0.1, -0.05) is 44.1 Å². The van der Waals surface area contributed by atoms with Crippen LogP contribution >= 0.6 is 23.1 Å². The molecule has 2 heterocycles. The second-order valence-corrected chi connectivity index (χ2v) is 13.0. The van der Waals surface area contributed by atoms with Crippen LogP contribution in [0.25, 0.3) is 10.2 Å². The number of benzene rings is 2. The summed E-state index contributed by atoms with van der Waals surface area (Å²) in [4.78, 5) is 25.8. The number of nitrogens with zero attached hydrogens (tertiary/aromatic N) is 4. The Balaban J connectivity index is 1.65. The van der Waals surface area contributed by atoms with Crippen LogP contribution in [0, 0.1) is 0 Å². The summed E-state index contributed by atoms with van der Waals surface area (Å²) in [6.07, 6.45) is 8.91. The topological polar surface area (TPSA) is 83.5 Å². The van der Waals surface area contributed by atoms with Crippen LogP contribution in [0.2, 0.25) is 0 Å². The van der Waals surface area contributed by atoms with Gasteiger partial charge in [-0.15, -0.1) is 11.8 Å². The molecule has 0 atom stereocenters. The van der Waals surface area contributed by atoms with Gasteiger partial charge in [-0.3, -0.25) is 14.7 Å². The molecule has 0 aliphatic rings. The van der Waals surface area contributed by atoms with Crippen molar-refractivity contribution in [1.82, 2.24) is 14.3 Å². The van der Waals surface area contributed by atoms with E-state index < -0.39 is 10.0 Å². The van der Waals surface area contributed by atoms with E-state index in [1.54, 1.807) is 57.6 Å². The summed E-state index contributed by atoms with van der Waals surface area (Å²) < 4.78 is 29.3. The van der Waals surface area contributed by atoms with Gasteiger partial charge in [0.2, 0.25) is 10.0 Å². The molecule has 1 amide bonds. The molecule has 0 bridgehead atoms. The summed E-state index contributed by atoms with van der Waals surface area (Å²) in [7, 11) is -3.65. The highest BCUT2D eigenvalue weighted by Crippen LogP contribution is 2.33. The van der Waals surface area contributed by atoms with Crippen molar-refractivity contribution in [2.75, 3.05) is 24.2 Å². The van der Waals surface area contributed by atoms with Crippen LogP contribution in [0.3, 0.4) is 0 Å². The maximum Gasteiger partial charge on any atom is 0.260 e. The molecule has 4 rings (SSSR count). The smallest absolute Gasteiger partial charge is 0.260 e. The predicted octanol–water partition coefficient (Wildman–Crippen LogP) is 6.85. The zero-order chi connectivity index (χ0) is 27.8. The van der Waals surface area contributed by atoms with Crippen molar-refractivity contribution in [3.63, 3.8) is 0 Å². The highest BCUT2D eigenvalue weighted by Gasteiger charge is 2.26. The highest BCUT2D eigenvalue weighted by molar-refractivity contribution is 7.98. The molecule has 39 heavy (non-hydrogen) atoms. The van der Waals surface area contributed by atoms with E-state index in [-0.39, 0.29) is 10.8 Å². The number of carbonyl (C=O) groups is 1. The van der Waals surface area contributed by atoms with E-state index in [1.807, 2.05) is 30.5 Å². The fourth-order valence-electron chi connectivity index (χ4n) is 4.13. The van der Waals surface area contributed by atoms with Gasteiger partial charge in [0.15, 0.2) is 5.13 Å². The van der Waals surface area contributed by atoms with E-state index in [4.69, 9.17) is 4.98 Å². The van der Waals surface area contributed by atoms with Gasteiger partial charge in [0.1, 0.15) is 0 Å². The third-order valence-electron chi connectivity index (χ3n) is 6.39. The number of amides is 1. The molecule has 10 heteroatoms. The number of carbonyl (C=O) groups excluding carboxylic acids is 1. The Morgan fingerprint density at radius 1 is 1.00 bits per heavy atom. The summed E-state index contributed by atoms with van der Waals surface area (Å²) in [6.45, 7) is 5.39. The summed E-state index contributed by atoms with van der Waals surface area (Å²) in [5, 5.41) is 0.583. The largest absolute Gasteiger partial charge is 0.279 e. The summed E-state index contributed by atoms with van der Waals surface area (Å²) in [5.74, 6) is -0.249. The van der Waals surface area contributed by atoms with Gasteiger partial charge in [0, 0.05) is 35.9 Å². The van der Waals surface area contributed by atoms with Crippen LogP contribution in [0.1, 0.15) is 55.5 Å². The molecule has 2 aromatic carbocycles. The van der Waals surface area contributed by atoms with Crippen LogP contribution in [0.5, 0.6) is 0 Å². The van der Waals surface area contributed by atoms with E-state index >= 15 is 0 Å². The number of hydrogen-bond donors (Lipinski definition) is 0. The van der Waals surface area contributed by atoms with Gasteiger partial charge in [0.05, 0.1) is 21.7 Å². The highest BCUT2D eigenvalue weighted by atomic mass is 32.2. The lowest BCUT2D eigenvalue weighted by Crippen LogP contribution is -2.33. The van der Waals surface area contributed by atoms with Gasteiger partial charge >= 0.3 is 0 Å². The lowest BCUT2D eigenvalue weighted by Gasteiger charge is -2.22. The van der Waals surface area contributed by atoms with Crippen molar-refractivity contribution in [2.24, 2.45) is 0 Å². The van der Waals surface area contributed by atoms with E-state index in [1.165, 1.54) is 11.3 Å². The zero-order valence-electron chi connectivity index (χ0n) is 22.5. The minimum absolute atomic E-state index is 0.203. The first-order valence-corrected chi connectivity index (χ1v) is 16.6. The Bertz CT molecular complexity index is 1480. The van der Waals surface area contributed by atoms with Gasteiger partial charge in [-0.05, 0) is 73.2 Å². The molecule has 206 valence electrons. The zero-order valence-corrected chi connectivity index (χ0v) is 25.0. The molecule has 0 N–H and O–H groups in total. The van der Waals surface area contributed by atoms with Gasteiger partial charge in [-0.25, -0.2) is 13.4 Å². The van der Waals surface area contributed by atoms with Gasteiger partial charge in [-0.2, -0.15) is 4.31 Å². The first kappa shape index (κ1) is 29.2. The number of thiazole rings is 1. The fourth-order valence-corrected chi connectivity index (χ4v) is 7.17. The Labute approximate surface area is 239 Å². The monoisotopic (exact) mass is 582 g/mol. The number of rotatable bonds is 13. The molecule has 2 aromatic heterocycles. The normalized spacial score (nSPS) is 11.8. The molecule has 0 saturated heterocycles. The molecule has 7 nitrogen and oxygen atoms in total. The molecular weight excluding hydrogens is 549 g/mol. The molecule has 0 fully saturated rings. The Kier molecular flexibility index (Phi) is 10.1. The number of thioether (sulfide) groups is 1. The van der Waals surface area contributed by atoms with Crippen molar-refractivity contribution in [3.8, 4) is 0 Å². The Morgan fingerprint density at radius 2 is 1.72 bits per heavy atom. The maximum atomic E-state index is 13.8. The molecule has 0 radical (unpaired) electrons. The third kappa shape index (κ3) is 7.05. The summed E-state index contributed by atoms with van der Waals surface area (Å²) in [6, 6.07) is 16.1. The number of sulfonamides is 1. The molecule has 0 saturated carbocycles. The van der Waals surface area contributed by atoms with E-state index in [9.17, 15) is 13.2 Å². The average Bonchev–Trinajstić information content (AvgIpc) is 3.39. The minimum Gasteiger partial charge on any atom is -0.279 e. The van der Waals surface area contributed by atoms with E-state index in [0.29, 0.717) is 30.3 Å². The first-order chi connectivity index (χ1) is 18.9. The van der Waals surface area contributed by atoms with Crippen molar-refractivity contribution in [3.05, 3.63) is 78.1 Å². The van der Waals surface area contributed by atoms with Gasteiger partial charge in [0.25, 0.3) is 5.91 Å². The second-order valence-electron chi connectivity index (χ2n) is 9.22. The van der Waals surface area contributed by atoms with Crippen LogP contribution < -0.4 is 4.90 Å². The number of anilines is 1. The van der Waals surface area contributed by atoms with Crippen molar-refractivity contribution < 1.29 is 13.2 Å². The quantitative estimate of drug-likeness (QED) is 0.160. The van der Waals surface area contributed by atoms with Crippen LogP contribution in [-0.2, 0) is 16.6 Å². The Morgan fingerprint density at radius 3 is 2.33 bits per heavy atom. The number of unbranched alkanes of at least 4 members (excludes halogenated alkanes) is 2. The molecule has 0 spiro atoms. The lowest BCUT2D eigenvalue weighted by molar-refractivity contribution is 0.0985. The lowest BCUT2D eigenvalue weighted by atomic mass is 10.2. The summed E-state index contributed by atoms with van der Waals surface area (Å²) >= 11 is 3.12. The third-order valence-corrected chi connectivity index (χ3v) is 10.1. The standard InChI is InChI=1S/C29H34N4O3S3/c1-4-6-17-32(18-7-5-2)39(35,36)25-13-10-23(11-14-25)28(34)33(21-22-9-8-16-30-20-22)29-31-26-15-12-24(37-3)19-27(26)38-29/h8-16,19-20H,4-7,17-18,21H2,1-3H3. The number of fused-ring (bicyclic) bond motifs is 1. The van der Waals surface area contributed by atoms with Gasteiger partial charge < -0.3 is 0 Å². The Hall–Kier alpha value is -2.79. The summed E-state index contributed by atoms with van der Waals surface area (Å²) in [5.41, 5.74) is 2.10. The predicted molar refractivity (Wildman–Crippen MR) is 161 cm³/mol. The SMILES string of the molecule is CCCCN(CCCC)S(=O)(=O)c1ccc(C(=O)N(Cc2cccnc2)c2nc3ccc(SC)cc3s2)cc1. The molecule has 0 aliphatic carbocycles. The first-order valence-electron chi connectivity index (χ1n) is 13.1. The minimum atomic E-state index is -3.65. The molecule has 0 aliphatic heterocycles. The number of hydrogen-bond acceptors (Lipinski definition) is 7. The fraction of sp³-hybridized carbons (Fsp3) is 0.345. The van der Waals surface area contributed by atoms with Crippen molar-refractivity contribution in [2.45, 2.75) is 55.9 Å². The van der Waals surface area contributed by atoms with Crippen molar-refractivity contribution in [1.29, 1.82) is 0 Å². The molecule has 0 unspecified atom stereocenters. The van der Waals surface area contributed by atoms with E-state index in [2.05, 4.69) is 24.9 Å². The van der Waals surface area contributed by atoms with Crippen LogP contribution in [0.15, 0.2) is 76.8 Å².